The maximum absolute atomic E-state index is 13.7. The summed E-state index contributed by atoms with van der Waals surface area (Å²) in [6.45, 7) is -0.0425. The molecule has 2 aromatic rings. The fraction of sp³-hybridized carbons (Fsp3) is 0.455. The number of rotatable bonds is 9. The summed E-state index contributed by atoms with van der Waals surface area (Å²) in [5, 5.41) is 9.48. The van der Waals surface area contributed by atoms with E-state index in [4.69, 9.17) is 9.47 Å². The molecule has 1 amide bonds. The number of aromatic nitrogens is 1. The SMILES string of the molecule is COc1ccc(S(=O)(=O)N(Cc2ccncc2)[C@@H](C(=O)NO)C2CCC(OC)CC2)cc1. The minimum Gasteiger partial charge on any atom is -0.497 e. The molecule has 0 bridgehead atoms. The molecule has 1 aliphatic rings. The highest BCUT2D eigenvalue weighted by molar-refractivity contribution is 7.89. The zero-order valence-electron chi connectivity index (χ0n) is 18.2. The second-order valence-corrected chi connectivity index (χ2v) is 9.67. The molecule has 1 heterocycles. The van der Waals surface area contributed by atoms with Crippen LogP contribution in [0.3, 0.4) is 0 Å². The van der Waals surface area contributed by atoms with Gasteiger partial charge in [-0.25, -0.2) is 13.9 Å². The van der Waals surface area contributed by atoms with Crippen molar-refractivity contribution in [1.82, 2.24) is 14.8 Å². The maximum atomic E-state index is 13.7. The lowest BCUT2D eigenvalue weighted by Gasteiger charge is -2.38. The summed E-state index contributed by atoms with van der Waals surface area (Å²) in [6, 6.07) is 8.33. The Bertz CT molecular complexity index is 976. The van der Waals surface area contributed by atoms with Gasteiger partial charge in [-0.3, -0.25) is 15.0 Å². The van der Waals surface area contributed by atoms with E-state index in [9.17, 15) is 18.4 Å². The molecule has 0 radical (unpaired) electrons. The Balaban J connectivity index is 2.03. The van der Waals surface area contributed by atoms with E-state index in [0.717, 1.165) is 0 Å². The van der Waals surface area contributed by atoms with Gasteiger partial charge in [-0.1, -0.05) is 0 Å². The molecule has 0 spiro atoms. The molecule has 1 aromatic heterocycles. The van der Waals surface area contributed by atoms with Crippen molar-refractivity contribution in [2.45, 2.75) is 49.3 Å². The number of methoxy groups -OCH3 is 2. The van der Waals surface area contributed by atoms with Gasteiger partial charge in [0, 0.05) is 26.0 Å². The molecular formula is C22H29N3O6S. The number of sulfonamides is 1. The zero-order chi connectivity index (χ0) is 23.1. The molecule has 9 nitrogen and oxygen atoms in total. The number of amides is 1. The highest BCUT2D eigenvalue weighted by atomic mass is 32.2. The number of hydrogen-bond acceptors (Lipinski definition) is 7. The van der Waals surface area contributed by atoms with Gasteiger partial charge in [-0.2, -0.15) is 4.31 Å². The summed E-state index contributed by atoms with van der Waals surface area (Å²) in [7, 11) is -0.950. The molecule has 0 saturated heterocycles. The predicted octanol–water partition coefficient (Wildman–Crippen LogP) is 2.36. The van der Waals surface area contributed by atoms with E-state index in [1.165, 1.54) is 23.5 Å². The summed E-state index contributed by atoms with van der Waals surface area (Å²) >= 11 is 0. The lowest BCUT2D eigenvalue weighted by molar-refractivity contribution is -0.136. The summed E-state index contributed by atoms with van der Waals surface area (Å²) in [5.74, 6) is -0.507. The first-order valence-corrected chi connectivity index (χ1v) is 11.9. The molecule has 0 aliphatic heterocycles. The van der Waals surface area contributed by atoms with Crippen molar-refractivity contribution in [2.24, 2.45) is 5.92 Å². The molecule has 2 N–H and O–H groups in total. The van der Waals surface area contributed by atoms with E-state index in [1.54, 1.807) is 49.2 Å². The monoisotopic (exact) mass is 463 g/mol. The lowest BCUT2D eigenvalue weighted by Crippen LogP contribution is -2.53. The molecule has 0 unspecified atom stereocenters. The molecule has 32 heavy (non-hydrogen) atoms. The average Bonchev–Trinajstić information content (AvgIpc) is 2.84. The van der Waals surface area contributed by atoms with Crippen LogP contribution in [0.25, 0.3) is 0 Å². The van der Waals surface area contributed by atoms with Crippen LogP contribution in [0.2, 0.25) is 0 Å². The maximum Gasteiger partial charge on any atom is 0.262 e. The Morgan fingerprint density at radius 3 is 2.28 bits per heavy atom. The smallest absolute Gasteiger partial charge is 0.262 e. The first-order valence-electron chi connectivity index (χ1n) is 10.4. The van der Waals surface area contributed by atoms with E-state index in [2.05, 4.69) is 4.98 Å². The third kappa shape index (κ3) is 5.44. The van der Waals surface area contributed by atoms with Gasteiger partial charge in [0.2, 0.25) is 10.0 Å². The number of benzene rings is 1. The Morgan fingerprint density at radius 1 is 1.12 bits per heavy atom. The molecular weight excluding hydrogens is 434 g/mol. The van der Waals surface area contributed by atoms with Gasteiger partial charge in [0.1, 0.15) is 11.8 Å². The Labute approximate surface area is 188 Å². The van der Waals surface area contributed by atoms with E-state index >= 15 is 0 Å². The summed E-state index contributed by atoms with van der Waals surface area (Å²) in [6.07, 6.45) is 5.83. The van der Waals surface area contributed by atoms with Gasteiger partial charge < -0.3 is 9.47 Å². The van der Waals surface area contributed by atoms with Crippen LogP contribution < -0.4 is 10.2 Å². The fourth-order valence-electron chi connectivity index (χ4n) is 4.17. The van der Waals surface area contributed by atoms with E-state index in [1.807, 2.05) is 0 Å². The van der Waals surface area contributed by atoms with Crippen LogP contribution in [0, 0.1) is 5.92 Å². The van der Waals surface area contributed by atoms with Crippen molar-refractivity contribution in [1.29, 1.82) is 0 Å². The second kappa shape index (κ2) is 10.9. The molecule has 1 saturated carbocycles. The van der Waals surface area contributed by atoms with Crippen LogP contribution >= 0.6 is 0 Å². The van der Waals surface area contributed by atoms with Crippen molar-refractivity contribution in [2.75, 3.05) is 14.2 Å². The summed E-state index contributed by atoms with van der Waals surface area (Å²) < 4.78 is 39.2. The molecule has 3 rings (SSSR count). The van der Waals surface area contributed by atoms with Crippen LogP contribution in [0.4, 0.5) is 0 Å². The standard InChI is InChI=1S/C22H29N3O6S/c1-30-18-5-3-17(4-6-18)21(22(26)24-27)25(15-16-11-13-23-14-12-16)32(28,29)20-9-7-19(31-2)8-10-20/h7-14,17-18,21,27H,3-6,15H2,1-2H3,(H,24,26)/t17?,18?,21-/m1/s1. The Hall–Kier alpha value is -2.53. The minimum absolute atomic E-state index is 0.0358. The number of pyridine rings is 1. The van der Waals surface area contributed by atoms with Crippen molar-refractivity contribution >= 4 is 15.9 Å². The van der Waals surface area contributed by atoms with Crippen LogP contribution in [0.5, 0.6) is 5.75 Å². The van der Waals surface area contributed by atoms with Crippen LogP contribution in [0.1, 0.15) is 31.2 Å². The Kier molecular flexibility index (Phi) is 8.19. The molecule has 1 aromatic carbocycles. The highest BCUT2D eigenvalue weighted by Crippen LogP contribution is 2.34. The molecule has 1 aliphatic carbocycles. The van der Waals surface area contributed by atoms with Gasteiger partial charge in [0.25, 0.3) is 5.91 Å². The number of carbonyl (C=O) groups excluding carboxylic acids is 1. The van der Waals surface area contributed by atoms with E-state index in [0.29, 0.717) is 37.0 Å². The van der Waals surface area contributed by atoms with Crippen molar-refractivity contribution in [3.63, 3.8) is 0 Å². The van der Waals surface area contributed by atoms with E-state index < -0.39 is 22.0 Å². The van der Waals surface area contributed by atoms with Crippen LogP contribution in [-0.2, 0) is 26.1 Å². The van der Waals surface area contributed by atoms with Gasteiger partial charge in [0.15, 0.2) is 0 Å². The molecule has 10 heteroatoms. The summed E-state index contributed by atoms with van der Waals surface area (Å²) in [4.78, 5) is 16.9. The summed E-state index contributed by atoms with van der Waals surface area (Å²) in [5.41, 5.74) is 2.37. The number of ether oxygens (including phenoxy) is 2. The van der Waals surface area contributed by atoms with Crippen molar-refractivity contribution in [3.8, 4) is 5.75 Å². The molecule has 1 fully saturated rings. The highest BCUT2D eigenvalue weighted by Gasteiger charge is 2.42. The van der Waals surface area contributed by atoms with E-state index in [-0.39, 0.29) is 23.5 Å². The third-order valence-corrected chi connectivity index (χ3v) is 7.78. The normalized spacial score (nSPS) is 20.0. The van der Waals surface area contributed by atoms with Gasteiger partial charge in [-0.15, -0.1) is 0 Å². The van der Waals surface area contributed by atoms with Gasteiger partial charge >= 0.3 is 0 Å². The third-order valence-electron chi connectivity index (χ3n) is 5.94. The second-order valence-electron chi connectivity index (χ2n) is 7.77. The number of hydrogen-bond donors (Lipinski definition) is 2. The van der Waals surface area contributed by atoms with Crippen LogP contribution in [-0.4, -0.2) is 55.2 Å². The molecule has 1 atom stereocenters. The predicted molar refractivity (Wildman–Crippen MR) is 116 cm³/mol. The number of carbonyl (C=O) groups is 1. The number of hydroxylamine groups is 1. The average molecular weight is 464 g/mol. The number of nitrogens with one attached hydrogen (secondary N) is 1. The van der Waals surface area contributed by atoms with Crippen molar-refractivity contribution in [3.05, 3.63) is 54.4 Å². The first-order chi connectivity index (χ1) is 15.4. The van der Waals surface area contributed by atoms with Crippen molar-refractivity contribution < 1.29 is 27.9 Å². The quantitative estimate of drug-likeness (QED) is 0.433. The van der Waals surface area contributed by atoms with Crippen LogP contribution in [0.15, 0.2) is 53.7 Å². The van der Waals surface area contributed by atoms with Gasteiger partial charge in [-0.05, 0) is 73.6 Å². The fourth-order valence-corrected chi connectivity index (χ4v) is 5.81. The lowest BCUT2D eigenvalue weighted by atomic mass is 9.82. The number of nitrogens with zero attached hydrogens (tertiary/aromatic N) is 2. The Morgan fingerprint density at radius 2 is 1.75 bits per heavy atom. The zero-order valence-corrected chi connectivity index (χ0v) is 19.0. The largest absolute Gasteiger partial charge is 0.497 e. The first kappa shape index (κ1) is 24.1. The topological polar surface area (TPSA) is 118 Å². The van der Waals surface area contributed by atoms with Gasteiger partial charge in [0.05, 0.1) is 18.1 Å². The molecule has 174 valence electrons. The minimum atomic E-state index is -4.09.